The van der Waals surface area contributed by atoms with Gasteiger partial charge in [0.1, 0.15) is 0 Å². The Morgan fingerprint density at radius 3 is 2.47 bits per heavy atom. The Labute approximate surface area is 106 Å². The third kappa shape index (κ3) is 5.01. The molecule has 3 heteroatoms. The van der Waals surface area contributed by atoms with Gasteiger partial charge < -0.3 is 0 Å². The minimum atomic E-state index is 0.808. The summed E-state index contributed by atoms with van der Waals surface area (Å²) in [4.78, 5) is 2.44. The predicted octanol–water partition coefficient (Wildman–Crippen LogP) is 3.95. The Kier molecular flexibility index (Phi) is 6.30. The van der Waals surface area contributed by atoms with E-state index in [1.807, 2.05) is 12.1 Å². The maximum Gasteiger partial charge on any atom is 0.0406 e. The summed E-state index contributed by atoms with van der Waals surface area (Å²) in [6.07, 6.45) is 1.20. The third-order valence-corrected chi connectivity index (χ3v) is 3.19. The molecule has 0 aromatic heterocycles. The molecule has 0 amide bonds. The minimum absolute atomic E-state index is 0.808. The second-order valence-electron chi connectivity index (χ2n) is 3.54. The molecule has 0 fully saturated rings. The average molecular weight is 291 g/mol. The minimum Gasteiger partial charge on any atom is -0.299 e. The van der Waals surface area contributed by atoms with Gasteiger partial charge in [0.2, 0.25) is 0 Å². The maximum atomic E-state index is 5.85. The molecule has 1 aromatic carbocycles. The van der Waals surface area contributed by atoms with Crippen molar-refractivity contribution in [1.82, 2.24) is 4.90 Å². The fourth-order valence-electron chi connectivity index (χ4n) is 1.48. The van der Waals surface area contributed by atoms with Crippen molar-refractivity contribution in [3.8, 4) is 0 Å². The van der Waals surface area contributed by atoms with E-state index in [9.17, 15) is 0 Å². The molecule has 84 valence electrons. The van der Waals surface area contributed by atoms with Gasteiger partial charge in [-0.05, 0) is 37.2 Å². The van der Waals surface area contributed by atoms with E-state index >= 15 is 0 Å². The van der Waals surface area contributed by atoms with E-state index in [0.29, 0.717) is 0 Å². The van der Waals surface area contributed by atoms with Crippen molar-refractivity contribution in [2.24, 2.45) is 0 Å². The van der Waals surface area contributed by atoms with Crippen molar-refractivity contribution in [3.63, 3.8) is 0 Å². The lowest BCUT2D eigenvalue weighted by Gasteiger charge is -2.19. The van der Waals surface area contributed by atoms with Crippen molar-refractivity contribution in [3.05, 3.63) is 34.9 Å². The zero-order chi connectivity index (χ0) is 11.1. The first kappa shape index (κ1) is 13.0. The van der Waals surface area contributed by atoms with Crippen molar-refractivity contribution in [2.45, 2.75) is 19.9 Å². The van der Waals surface area contributed by atoms with E-state index in [1.54, 1.807) is 0 Å². The normalized spacial score (nSPS) is 10.9. The van der Waals surface area contributed by atoms with Gasteiger partial charge in [0.25, 0.3) is 0 Å². The van der Waals surface area contributed by atoms with Crippen LogP contribution in [0.5, 0.6) is 0 Å². The van der Waals surface area contributed by atoms with Crippen LogP contribution < -0.4 is 0 Å². The van der Waals surface area contributed by atoms with Gasteiger partial charge in [0.05, 0.1) is 0 Å². The summed E-state index contributed by atoms with van der Waals surface area (Å²) in [7, 11) is 0. The molecular weight excluding hydrogens is 273 g/mol. The van der Waals surface area contributed by atoms with Gasteiger partial charge >= 0.3 is 0 Å². The zero-order valence-corrected chi connectivity index (χ0v) is 11.4. The topological polar surface area (TPSA) is 3.24 Å². The molecule has 0 N–H and O–H groups in total. The largest absolute Gasteiger partial charge is 0.299 e. The van der Waals surface area contributed by atoms with Crippen LogP contribution >= 0.6 is 27.5 Å². The molecule has 1 aromatic rings. The second-order valence-corrected chi connectivity index (χ2v) is 4.77. The molecule has 1 rings (SSSR count). The highest BCUT2D eigenvalue weighted by Gasteiger charge is 2.02. The van der Waals surface area contributed by atoms with Crippen molar-refractivity contribution in [2.75, 3.05) is 18.4 Å². The fraction of sp³-hybridized carbons (Fsp3) is 0.500. The predicted molar refractivity (Wildman–Crippen MR) is 70.8 cm³/mol. The fourth-order valence-corrected chi connectivity index (χ4v) is 1.86. The first-order valence-corrected chi connectivity index (χ1v) is 6.79. The van der Waals surface area contributed by atoms with Gasteiger partial charge in [-0.15, -0.1) is 0 Å². The second kappa shape index (κ2) is 7.26. The smallest absolute Gasteiger partial charge is 0.0406 e. The van der Waals surface area contributed by atoms with Crippen LogP contribution in [0.25, 0.3) is 0 Å². The average Bonchev–Trinajstić information content (AvgIpc) is 2.27. The van der Waals surface area contributed by atoms with Crippen LogP contribution in [0, 0.1) is 0 Å². The summed E-state index contributed by atoms with van der Waals surface area (Å²) < 4.78 is 0. The summed E-state index contributed by atoms with van der Waals surface area (Å²) >= 11 is 9.30. The van der Waals surface area contributed by atoms with Crippen molar-refractivity contribution < 1.29 is 0 Å². The highest BCUT2D eigenvalue weighted by atomic mass is 79.9. The van der Waals surface area contributed by atoms with Crippen LogP contribution in [0.1, 0.15) is 18.9 Å². The molecule has 0 aliphatic rings. The number of hydrogen-bond acceptors (Lipinski definition) is 1. The van der Waals surface area contributed by atoms with Crippen LogP contribution in [0.3, 0.4) is 0 Å². The molecule has 0 spiro atoms. The molecule has 0 atom stereocenters. The van der Waals surface area contributed by atoms with Crippen LogP contribution in [-0.2, 0) is 6.54 Å². The van der Waals surface area contributed by atoms with E-state index in [-0.39, 0.29) is 0 Å². The summed E-state index contributed by atoms with van der Waals surface area (Å²) in [6, 6.07) is 8.10. The molecule has 0 bridgehead atoms. The van der Waals surface area contributed by atoms with E-state index in [2.05, 4.69) is 39.9 Å². The first-order chi connectivity index (χ1) is 7.26. The van der Waals surface area contributed by atoms with Crippen LogP contribution in [0.2, 0.25) is 5.02 Å². The molecule has 0 unspecified atom stereocenters. The number of halogens is 2. The molecule has 15 heavy (non-hydrogen) atoms. The number of alkyl halides is 1. The molecule has 0 aliphatic carbocycles. The lowest BCUT2D eigenvalue weighted by molar-refractivity contribution is 0.282. The zero-order valence-electron chi connectivity index (χ0n) is 9.05. The number of benzene rings is 1. The first-order valence-electron chi connectivity index (χ1n) is 5.29. The summed E-state index contributed by atoms with van der Waals surface area (Å²) in [5.41, 5.74) is 1.33. The molecule has 0 saturated heterocycles. The van der Waals surface area contributed by atoms with E-state index in [0.717, 1.165) is 30.0 Å². The van der Waals surface area contributed by atoms with Crippen LogP contribution in [-0.4, -0.2) is 23.3 Å². The van der Waals surface area contributed by atoms with Crippen LogP contribution in [0.15, 0.2) is 24.3 Å². The maximum absolute atomic E-state index is 5.85. The van der Waals surface area contributed by atoms with Gasteiger partial charge in [-0.1, -0.05) is 46.6 Å². The summed E-state index contributed by atoms with van der Waals surface area (Å²) in [5, 5.41) is 1.88. The highest BCUT2D eigenvalue weighted by molar-refractivity contribution is 9.09. The molecular formula is C12H17BrClN. The molecule has 0 aliphatic heterocycles. The van der Waals surface area contributed by atoms with Gasteiger partial charge in [0.15, 0.2) is 0 Å². The standard InChI is InChI=1S/C12H17BrClN/c1-2-15(9-3-8-13)10-11-4-6-12(14)7-5-11/h4-7H,2-3,8-10H2,1H3. The Morgan fingerprint density at radius 1 is 1.27 bits per heavy atom. The molecule has 0 saturated carbocycles. The lowest BCUT2D eigenvalue weighted by atomic mass is 10.2. The lowest BCUT2D eigenvalue weighted by Crippen LogP contribution is -2.24. The van der Waals surface area contributed by atoms with Gasteiger partial charge in [0, 0.05) is 16.9 Å². The van der Waals surface area contributed by atoms with Crippen molar-refractivity contribution in [1.29, 1.82) is 0 Å². The van der Waals surface area contributed by atoms with Gasteiger partial charge in [-0.3, -0.25) is 4.90 Å². The monoisotopic (exact) mass is 289 g/mol. The van der Waals surface area contributed by atoms with Crippen molar-refractivity contribution >= 4 is 27.5 Å². The van der Waals surface area contributed by atoms with E-state index in [4.69, 9.17) is 11.6 Å². The number of nitrogens with zero attached hydrogens (tertiary/aromatic N) is 1. The quantitative estimate of drug-likeness (QED) is 0.717. The van der Waals surface area contributed by atoms with Gasteiger partial charge in [-0.2, -0.15) is 0 Å². The molecule has 0 radical (unpaired) electrons. The number of hydrogen-bond donors (Lipinski definition) is 0. The van der Waals surface area contributed by atoms with Crippen LogP contribution in [0.4, 0.5) is 0 Å². The van der Waals surface area contributed by atoms with E-state index < -0.39 is 0 Å². The Morgan fingerprint density at radius 2 is 1.93 bits per heavy atom. The molecule has 0 heterocycles. The number of rotatable bonds is 6. The highest BCUT2D eigenvalue weighted by Crippen LogP contribution is 2.11. The Hall–Kier alpha value is -0.0500. The molecule has 1 nitrogen and oxygen atoms in total. The third-order valence-electron chi connectivity index (χ3n) is 2.37. The summed E-state index contributed by atoms with van der Waals surface area (Å²) in [6.45, 7) is 5.45. The van der Waals surface area contributed by atoms with E-state index in [1.165, 1.54) is 12.0 Å². The van der Waals surface area contributed by atoms with Gasteiger partial charge in [-0.25, -0.2) is 0 Å². The Bertz CT molecular complexity index is 273. The SMILES string of the molecule is CCN(CCCBr)Cc1ccc(Cl)cc1. The Balaban J connectivity index is 2.47. The summed E-state index contributed by atoms with van der Waals surface area (Å²) in [5.74, 6) is 0.